The molecule has 0 radical (unpaired) electrons. The van der Waals surface area contributed by atoms with Crippen molar-refractivity contribution in [3.8, 4) is 23.0 Å². The number of aromatic nitrogens is 2. The number of esters is 1. The standard InChI is InChI=1S/C21H20N2O3/c1-4-25-21(24)17-13-22-19(16-8-6-5-7-9-16)23-20(17)26-18-12-14(2)10-11-15(18)3/h5-13H,4H2,1-3H3. The zero-order valence-electron chi connectivity index (χ0n) is 15.0. The largest absolute Gasteiger partial charge is 0.462 e. The first-order valence-corrected chi connectivity index (χ1v) is 8.43. The van der Waals surface area contributed by atoms with Crippen LogP contribution in [0.2, 0.25) is 0 Å². The summed E-state index contributed by atoms with van der Waals surface area (Å²) in [5.41, 5.74) is 3.05. The average molecular weight is 348 g/mol. The van der Waals surface area contributed by atoms with E-state index < -0.39 is 5.97 Å². The van der Waals surface area contributed by atoms with Gasteiger partial charge >= 0.3 is 5.97 Å². The SMILES string of the molecule is CCOC(=O)c1cnc(-c2ccccc2)nc1Oc1cc(C)ccc1C. The number of carbonyl (C=O) groups is 1. The molecular weight excluding hydrogens is 328 g/mol. The first-order valence-electron chi connectivity index (χ1n) is 8.43. The van der Waals surface area contributed by atoms with Gasteiger partial charge in [0.2, 0.25) is 5.88 Å². The fourth-order valence-electron chi connectivity index (χ4n) is 2.44. The molecule has 0 spiro atoms. The van der Waals surface area contributed by atoms with Gasteiger partial charge in [-0.25, -0.2) is 9.78 Å². The van der Waals surface area contributed by atoms with E-state index in [0.717, 1.165) is 16.7 Å². The monoisotopic (exact) mass is 348 g/mol. The highest BCUT2D eigenvalue weighted by Crippen LogP contribution is 2.29. The third kappa shape index (κ3) is 3.88. The van der Waals surface area contributed by atoms with E-state index in [1.165, 1.54) is 6.20 Å². The molecule has 0 atom stereocenters. The van der Waals surface area contributed by atoms with Crippen LogP contribution in [0.3, 0.4) is 0 Å². The maximum Gasteiger partial charge on any atom is 0.345 e. The number of carbonyl (C=O) groups excluding carboxylic acids is 1. The van der Waals surface area contributed by atoms with Crippen molar-refractivity contribution < 1.29 is 14.3 Å². The topological polar surface area (TPSA) is 61.3 Å². The van der Waals surface area contributed by atoms with Gasteiger partial charge in [-0.15, -0.1) is 0 Å². The molecule has 3 aromatic rings. The van der Waals surface area contributed by atoms with Crippen LogP contribution >= 0.6 is 0 Å². The molecule has 0 aliphatic rings. The van der Waals surface area contributed by atoms with Crippen molar-refractivity contribution in [3.05, 3.63) is 71.4 Å². The van der Waals surface area contributed by atoms with Crippen LogP contribution in [0.15, 0.2) is 54.7 Å². The molecule has 3 rings (SSSR count). The van der Waals surface area contributed by atoms with E-state index >= 15 is 0 Å². The fourth-order valence-corrected chi connectivity index (χ4v) is 2.44. The van der Waals surface area contributed by atoms with Gasteiger partial charge in [0.1, 0.15) is 11.3 Å². The van der Waals surface area contributed by atoms with Gasteiger partial charge in [-0.2, -0.15) is 4.98 Å². The summed E-state index contributed by atoms with van der Waals surface area (Å²) in [5, 5.41) is 0. The van der Waals surface area contributed by atoms with Gasteiger partial charge in [0.25, 0.3) is 0 Å². The summed E-state index contributed by atoms with van der Waals surface area (Å²) in [6.07, 6.45) is 1.45. The van der Waals surface area contributed by atoms with Crippen molar-refractivity contribution in [3.63, 3.8) is 0 Å². The van der Waals surface area contributed by atoms with Gasteiger partial charge in [0, 0.05) is 11.8 Å². The van der Waals surface area contributed by atoms with Gasteiger partial charge in [-0.3, -0.25) is 0 Å². The van der Waals surface area contributed by atoms with Crippen molar-refractivity contribution in [2.24, 2.45) is 0 Å². The molecule has 132 valence electrons. The van der Waals surface area contributed by atoms with E-state index in [-0.39, 0.29) is 18.1 Å². The van der Waals surface area contributed by atoms with E-state index in [1.807, 2.05) is 62.4 Å². The Bertz CT molecular complexity index is 924. The van der Waals surface area contributed by atoms with Crippen LogP contribution in [0.4, 0.5) is 0 Å². The maximum atomic E-state index is 12.3. The van der Waals surface area contributed by atoms with Crippen molar-refractivity contribution in [2.45, 2.75) is 20.8 Å². The molecule has 0 aliphatic heterocycles. The maximum absolute atomic E-state index is 12.3. The Labute approximate surface area is 152 Å². The zero-order chi connectivity index (χ0) is 18.5. The quantitative estimate of drug-likeness (QED) is 0.624. The fraction of sp³-hybridized carbons (Fsp3) is 0.190. The molecule has 1 aromatic heterocycles. The van der Waals surface area contributed by atoms with Gasteiger partial charge in [-0.05, 0) is 38.0 Å². The van der Waals surface area contributed by atoms with Crippen LogP contribution in [-0.2, 0) is 4.74 Å². The molecule has 26 heavy (non-hydrogen) atoms. The molecule has 0 fully saturated rings. The smallest absolute Gasteiger partial charge is 0.345 e. The summed E-state index contributed by atoms with van der Waals surface area (Å²) >= 11 is 0. The second kappa shape index (κ2) is 7.78. The first kappa shape index (κ1) is 17.6. The molecule has 1 heterocycles. The number of hydrogen-bond acceptors (Lipinski definition) is 5. The number of nitrogens with zero attached hydrogens (tertiary/aromatic N) is 2. The third-order valence-corrected chi connectivity index (χ3v) is 3.83. The van der Waals surface area contributed by atoms with Gasteiger partial charge in [0.15, 0.2) is 5.82 Å². The first-order chi connectivity index (χ1) is 12.6. The second-order valence-corrected chi connectivity index (χ2v) is 5.87. The van der Waals surface area contributed by atoms with Crippen LogP contribution in [0.25, 0.3) is 11.4 Å². The molecule has 5 nitrogen and oxygen atoms in total. The van der Waals surface area contributed by atoms with Crippen molar-refractivity contribution in [1.29, 1.82) is 0 Å². The molecular formula is C21H20N2O3. The highest BCUT2D eigenvalue weighted by molar-refractivity contribution is 5.91. The van der Waals surface area contributed by atoms with Crippen molar-refractivity contribution >= 4 is 5.97 Å². The van der Waals surface area contributed by atoms with E-state index in [4.69, 9.17) is 9.47 Å². The van der Waals surface area contributed by atoms with E-state index in [1.54, 1.807) is 6.92 Å². The Morgan fingerprint density at radius 1 is 1.08 bits per heavy atom. The van der Waals surface area contributed by atoms with Crippen LogP contribution in [0.1, 0.15) is 28.4 Å². The van der Waals surface area contributed by atoms with E-state index in [2.05, 4.69) is 9.97 Å². The molecule has 0 amide bonds. The number of aryl methyl sites for hydroxylation is 2. The highest BCUT2D eigenvalue weighted by atomic mass is 16.5. The number of hydrogen-bond donors (Lipinski definition) is 0. The number of rotatable bonds is 5. The number of benzene rings is 2. The van der Waals surface area contributed by atoms with Crippen LogP contribution in [0, 0.1) is 13.8 Å². The summed E-state index contributed by atoms with van der Waals surface area (Å²) < 4.78 is 11.1. The van der Waals surface area contributed by atoms with E-state index in [9.17, 15) is 4.79 Å². The van der Waals surface area contributed by atoms with Crippen LogP contribution in [0.5, 0.6) is 11.6 Å². The predicted molar refractivity (Wildman–Crippen MR) is 99.4 cm³/mol. The summed E-state index contributed by atoms with van der Waals surface area (Å²) in [6.45, 7) is 5.94. The van der Waals surface area contributed by atoms with Crippen molar-refractivity contribution in [2.75, 3.05) is 6.61 Å². The summed E-state index contributed by atoms with van der Waals surface area (Å²) in [7, 11) is 0. The van der Waals surface area contributed by atoms with E-state index in [0.29, 0.717) is 11.6 Å². The Kier molecular flexibility index (Phi) is 5.27. The molecule has 5 heteroatoms. The highest BCUT2D eigenvalue weighted by Gasteiger charge is 2.19. The normalized spacial score (nSPS) is 10.4. The molecule has 0 saturated heterocycles. The molecule has 0 unspecified atom stereocenters. The summed E-state index contributed by atoms with van der Waals surface area (Å²) in [6, 6.07) is 15.4. The molecule has 0 saturated carbocycles. The Hall–Kier alpha value is -3.21. The Balaban J connectivity index is 2.06. The van der Waals surface area contributed by atoms with Gasteiger partial charge < -0.3 is 9.47 Å². The Morgan fingerprint density at radius 3 is 2.58 bits per heavy atom. The lowest BCUT2D eigenvalue weighted by molar-refractivity contribution is 0.0522. The predicted octanol–water partition coefficient (Wildman–Crippen LogP) is 4.73. The van der Waals surface area contributed by atoms with Crippen LogP contribution in [-0.4, -0.2) is 22.5 Å². The minimum absolute atomic E-state index is 0.186. The molecule has 0 aliphatic carbocycles. The number of ether oxygens (including phenoxy) is 2. The second-order valence-electron chi connectivity index (χ2n) is 5.87. The zero-order valence-corrected chi connectivity index (χ0v) is 15.0. The Morgan fingerprint density at radius 2 is 1.85 bits per heavy atom. The van der Waals surface area contributed by atoms with Crippen molar-refractivity contribution in [1.82, 2.24) is 9.97 Å². The van der Waals surface area contributed by atoms with Gasteiger partial charge in [0.05, 0.1) is 6.61 Å². The molecule has 0 N–H and O–H groups in total. The molecule has 0 bridgehead atoms. The summed E-state index contributed by atoms with van der Waals surface area (Å²) in [4.78, 5) is 21.1. The lowest BCUT2D eigenvalue weighted by Crippen LogP contribution is -2.09. The minimum Gasteiger partial charge on any atom is -0.462 e. The lowest BCUT2D eigenvalue weighted by atomic mass is 10.1. The molecule has 2 aromatic carbocycles. The lowest BCUT2D eigenvalue weighted by Gasteiger charge is -2.13. The minimum atomic E-state index is -0.507. The van der Waals surface area contributed by atoms with Gasteiger partial charge in [-0.1, -0.05) is 42.5 Å². The third-order valence-electron chi connectivity index (χ3n) is 3.83. The van der Waals surface area contributed by atoms with Crippen LogP contribution < -0.4 is 4.74 Å². The average Bonchev–Trinajstić information content (AvgIpc) is 2.65. The summed E-state index contributed by atoms with van der Waals surface area (Å²) in [5.74, 6) is 0.811.